The van der Waals surface area contributed by atoms with Crippen LogP contribution in [-0.4, -0.2) is 31.2 Å². The van der Waals surface area contributed by atoms with Crippen LogP contribution in [0.1, 0.15) is 18.4 Å². The van der Waals surface area contributed by atoms with Crippen LogP contribution in [0.25, 0.3) is 0 Å². The second kappa shape index (κ2) is 5.82. The first-order valence-corrected chi connectivity index (χ1v) is 6.05. The molecule has 1 atom stereocenters. The Bertz CT molecular complexity index is 418. The molecule has 1 aromatic heterocycles. The van der Waals surface area contributed by atoms with E-state index in [1.54, 1.807) is 13.3 Å². The van der Waals surface area contributed by atoms with Crippen LogP contribution < -0.4 is 10.1 Å². The maximum atomic E-state index is 11.6. The Morgan fingerprint density at radius 3 is 2.94 bits per heavy atom. The monoisotopic (exact) mass is 250 g/mol. The lowest BCUT2D eigenvalue weighted by Gasteiger charge is -2.16. The average Bonchev–Trinajstić information content (AvgIpc) is 3.23. The summed E-state index contributed by atoms with van der Waals surface area (Å²) in [7, 11) is 3.01. The lowest BCUT2D eigenvalue weighted by Crippen LogP contribution is -2.39. The highest BCUT2D eigenvalue weighted by Crippen LogP contribution is 2.33. The zero-order chi connectivity index (χ0) is 13.0. The summed E-state index contributed by atoms with van der Waals surface area (Å²) < 4.78 is 9.98. The van der Waals surface area contributed by atoms with Crippen LogP contribution in [0, 0.1) is 5.92 Å². The summed E-state index contributed by atoms with van der Waals surface area (Å²) in [4.78, 5) is 15.8. The molecule has 1 N–H and O–H groups in total. The molecular weight excluding hydrogens is 232 g/mol. The molecule has 2 rings (SSSR count). The number of hydrogen-bond donors (Lipinski definition) is 1. The number of nitrogens with one attached hydrogen (secondary N) is 1. The Morgan fingerprint density at radius 1 is 1.56 bits per heavy atom. The summed E-state index contributed by atoms with van der Waals surface area (Å²) >= 11 is 0. The van der Waals surface area contributed by atoms with E-state index in [4.69, 9.17) is 9.47 Å². The van der Waals surface area contributed by atoms with Gasteiger partial charge in [-0.1, -0.05) is 6.07 Å². The predicted molar refractivity (Wildman–Crippen MR) is 66.2 cm³/mol. The molecule has 0 aliphatic heterocycles. The Labute approximate surface area is 107 Å². The van der Waals surface area contributed by atoms with Gasteiger partial charge in [-0.05, 0) is 24.8 Å². The number of nitrogens with zero attached hydrogens (tertiary/aromatic N) is 1. The molecular formula is C13H18N2O3. The van der Waals surface area contributed by atoms with Crippen molar-refractivity contribution < 1.29 is 14.3 Å². The largest absolute Gasteiger partial charge is 0.481 e. The van der Waals surface area contributed by atoms with Gasteiger partial charge in [0.25, 0.3) is 0 Å². The highest BCUT2D eigenvalue weighted by molar-refractivity contribution is 5.76. The number of aromatic nitrogens is 1. The zero-order valence-corrected chi connectivity index (χ0v) is 10.7. The van der Waals surface area contributed by atoms with Crippen molar-refractivity contribution in [3.63, 3.8) is 0 Å². The molecule has 1 aliphatic rings. The lowest BCUT2D eigenvalue weighted by atomic mass is 10.1. The zero-order valence-electron chi connectivity index (χ0n) is 10.7. The topological polar surface area (TPSA) is 60.5 Å². The molecule has 18 heavy (non-hydrogen) atoms. The normalized spacial score (nSPS) is 16.1. The third-order valence-electron chi connectivity index (χ3n) is 3.10. The number of ether oxygens (including phenoxy) is 2. The van der Waals surface area contributed by atoms with Crippen LogP contribution in [0.3, 0.4) is 0 Å². The first-order chi connectivity index (χ1) is 8.76. The summed E-state index contributed by atoms with van der Waals surface area (Å²) in [5.74, 6) is 0.796. The molecule has 1 fully saturated rings. The fraction of sp³-hybridized carbons (Fsp3) is 0.538. The van der Waals surface area contributed by atoms with Crippen LogP contribution in [0.2, 0.25) is 0 Å². The van der Waals surface area contributed by atoms with Crippen molar-refractivity contribution in [1.29, 1.82) is 0 Å². The van der Waals surface area contributed by atoms with E-state index in [9.17, 15) is 4.79 Å². The minimum atomic E-state index is -0.222. The number of methoxy groups -OCH3 is 2. The number of hydrogen-bond acceptors (Lipinski definition) is 5. The lowest BCUT2D eigenvalue weighted by molar-refractivity contribution is -0.143. The first kappa shape index (κ1) is 12.8. The van der Waals surface area contributed by atoms with Gasteiger partial charge in [-0.3, -0.25) is 10.1 Å². The van der Waals surface area contributed by atoms with Crippen LogP contribution in [0.15, 0.2) is 18.3 Å². The number of esters is 1. The van der Waals surface area contributed by atoms with Crippen molar-refractivity contribution in [2.75, 3.05) is 14.2 Å². The summed E-state index contributed by atoms with van der Waals surface area (Å²) in [6.07, 6.45) is 3.84. The molecule has 5 heteroatoms. The quantitative estimate of drug-likeness (QED) is 0.767. The molecule has 1 aromatic rings. The second-order valence-electron chi connectivity index (χ2n) is 4.39. The van der Waals surface area contributed by atoms with Crippen molar-refractivity contribution in [1.82, 2.24) is 10.3 Å². The molecule has 5 nitrogen and oxygen atoms in total. The summed E-state index contributed by atoms with van der Waals surface area (Å²) in [5.41, 5.74) is 0.939. The molecule has 0 radical (unpaired) electrons. The van der Waals surface area contributed by atoms with E-state index < -0.39 is 0 Å². The van der Waals surface area contributed by atoms with E-state index >= 15 is 0 Å². The van der Waals surface area contributed by atoms with E-state index in [0.29, 0.717) is 18.3 Å². The van der Waals surface area contributed by atoms with Crippen LogP contribution in [-0.2, 0) is 16.1 Å². The molecule has 1 heterocycles. The maximum absolute atomic E-state index is 11.6. The Hall–Kier alpha value is -1.62. The van der Waals surface area contributed by atoms with Crippen LogP contribution >= 0.6 is 0 Å². The van der Waals surface area contributed by atoms with Gasteiger partial charge in [0, 0.05) is 18.3 Å². The van der Waals surface area contributed by atoms with Gasteiger partial charge in [0.1, 0.15) is 6.04 Å². The van der Waals surface area contributed by atoms with Gasteiger partial charge in [0.15, 0.2) is 0 Å². The molecule has 1 aliphatic carbocycles. The number of rotatable bonds is 6. The fourth-order valence-corrected chi connectivity index (χ4v) is 1.96. The molecule has 98 valence electrons. The van der Waals surface area contributed by atoms with Crippen LogP contribution in [0.5, 0.6) is 5.88 Å². The molecule has 0 amide bonds. The van der Waals surface area contributed by atoms with Gasteiger partial charge in [-0.25, -0.2) is 4.98 Å². The van der Waals surface area contributed by atoms with Gasteiger partial charge in [0.05, 0.1) is 14.2 Å². The Kier molecular flexibility index (Phi) is 4.15. The highest BCUT2D eigenvalue weighted by atomic mass is 16.5. The van der Waals surface area contributed by atoms with E-state index in [-0.39, 0.29) is 12.0 Å². The predicted octanol–water partition coefficient (Wildman–Crippen LogP) is 1.13. The van der Waals surface area contributed by atoms with Gasteiger partial charge < -0.3 is 9.47 Å². The fourth-order valence-electron chi connectivity index (χ4n) is 1.96. The van der Waals surface area contributed by atoms with Crippen LogP contribution in [0.4, 0.5) is 0 Å². The van der Waals surface area contributed by atoms with Gasteiger partial charge in [-0.2, -0.15) is 0 Å². The maximum Gasteiger partial charge on any atom is 0.323 e. The van der Waals surface area contributed by atoms with E-state index in [0.717, 1.165) is 18.4 Å². The van der Waals surface area contributed by atoms with E-state index in [2.05, 4.69) is 10.3 Å². The van der Waals surface area contributed by atoms with Crippen molar-refractivity contribution >= 4 is 5.97 Å². The smallest absolute Gasteiger partial charge is 0.323 e. The van der Waals surface area contributed by atoms with Gasteiger partial charge in [0.2, 0.25) is 5.88 Å². The molecule has 0 spiro atoms. The number of carbonyl (C=O) groups excluding carboxylic acids is 1. The Morgan fingerprint density at radius 2 is 2.33 bits per heavy atom. The second-order valence-corrected chi connectivity index (χ2v) is 4.39. The van der Waals surface area contributed by atoms with Gasteiger partial charge >= 0.3 is 5.97 Å². The minimum Gasteiger partial charge on any atom is -0.481 e. The molecule has 0 saturated heterocycles. The standard InChI is InChI=1S/C13H18N2O3/c1-17-12-10(4-3-7-14-12)8-15-11(9-5-6-9)13(16)18-2/h3-4,7,9,11,15H,5-6,8H2,1-2H3. The SMILES string of the molecule is COC(=O)C(NCc1cccnc1OC)C1CC1. The average molecular weight is 250 g/mol. The summed E-state index contributed by atoms with van der Waals surface area (Å²) in [5, 5.41) is 3.23. The van der Waals surface area contributed by atoms with E-state index in [1.807, 2.05) is 12.1 Å². The summed E-state index contributed by atoms with van der Waals surface area (Å²) in [6, 6.07) is 3.56. The van der Waals surface area contributed by atoms with E-state index in [1.165, 1.54) is 7.11 Å². The molecule has 0 aromatic carbocycles. The number of pyridine rings is 1. The van der Waals surface area contributed by atoms with Crippen molar-refractivity contribution in [2.24, 2.45) is 5.92 Å². The highest BCUT2D eigenvalue weighted by Gasteiger charge is 2.36. The molecule has 0 bridgehead atoms. The van der Waals surface area contributed by atoms with Crippen molar-refractivity contribution in [3.8, 4) is 5.88 Å². The number of carbonyl (C=O) groups is 1. The third kappa shape index (κ3) is 2.98. The van der Waals surface area contributed by atoms with Crippen molar-refractivity contribution in [3.05, 3.63) is 23.9 Å². The molecule has 1 saturated carbocycles. The third-order valence-corrected chi connectivity index (χ3v) is 3.10. The van der Waals surface area contributed by atoms with Crippen molar-refractivity contribution in [2.45, 2.75) is 25.4 Å². The first-order valence-electron chi connectivity index (χ1n) is 6.05. The van der Waals surface area contributed by atoms with Gasteiger partial charge in [-0.15, -0.1) is 0 Å². The molecule has 1 unspecified atom stereocenters. The minimum absolute atomic E-state index is 0.194. The Balaban J connectivity index is 1.98. The summed E-state index contributed by atoms with van der Waals surface area (Å²) in [6.45, 7) is 0.549.